The highest BCUT2D eigenvalue weighted by molar-refractivity contribution is 5.92. The van der Waals surface area contributed by atoms with E-state index in [2.05, 4.69) is 15.3 Å². The van der Waals surface area contributed by atoms with Crippen LogP contribution in [0.5, 0.6) is 5.88 Å². The van der Waals surface area contributed by atoms with Gasteiger partial charge in [0.25, 0.3) is 5.91 Å². The van der Waals surface area contributed by atoms with Crippen LogP contribution in [0, 0.1) is 23.0 Å². The Morgan fingerprint density at radius 3 is 2.49 bits per heavy atom. The van der Waals surface area contributed by atoms with E-state index < -0.39 is 23.7 Å². The van der Waals surface area contributed by atoms with Gasteiger partial charge in [-0.3, -0.25) is 4.79 Å². The molecule has 2 N–H and O–H groups in total. The molecular formula is C33H27F2N5O5. The highest BCUT2D eigenvalue weighted by Crippen LogP contribution is 2.26. The summed E-state index contributed by atoms with van der Waals surface area (Å²) >= 11 is 0. The van der Waals surface area contributed by atoms with Gasteiger partial charge in [0.15, 0.2) is 6.10 Å². The molecule has 1 atom stereocenters. The van der Waals surface area contributed by atoms with E-state index in [9.17, 15) is 19.1 Å². The van der Waals surface area contributed by atoms with Crippen molar-refractivity contribution in [2.45, 2.75) is 25.7 Å². The number of likely N-dealkylation sites (N-methyl/N-ethyl adjacent to an activating group) is 1. The summed E-state index contributed by atoms with van der Waals surface area (Å²) in [6.07, 6.45) is -0.860. The number of benzene rings is 3. The van der Waals surface area contributed by atoms with E-state index in [1.54, 1.807) is 41.0 Å². The van der Waals surface area contributed by atoms with Crippen molar-refractivity contribution >= 4 is 22.9 Å². The second kappa shape index (κ2) is 13.3. The Morgan fingerprint density at radius 1 is 1.02 bits per heavy atom. The van der Waals surface area contributed by atoms with Crippen LogP contribution in [-0.2, 0) is 29.1 Å². The summed E-state index contributed by atoms with van der Waals surface area (Å²) in [5, 5.41) is 21.0. The Kier molecular flexibility index (Phi) is 9.11. The number of pyridine rings is 1. The Hall–Kier alpha value is -5.67. The molecule has 0 bridgehead atoms. The number of fused-ring (bicyclic) bond motifs is 1. The molecule has 0 fully saturated rings. The van der Waals surface area contributed by atoms with Crippen LogP contribution in [-0.4, -0.2) is 51.8 Å². The lowest BCUT2D eigenvalue weighted by Crippen LogP contribution is -2.36. The molecule has 5 aromatic rings. The molecule has 0 spiro atoms. The minimum absolute atomic E-state index is 0.0217. The Labute approximate surface area is 256 Å². The van der Waals surface area contributed by atoms with Crippen molar-refractivity contribution in [2.75, 3.05) is 14.2 Å². The molecule has 10 nitrogen and oxygen atoms in total. The molecule has 12 heteroatoms. The number of carboxylic acid groups (broad SMARTS) is 1. The lowest BCUT2D eigenvalue weighted by Gasteiger charge is -2.17. The molecule has 5 rings (SSSR count). The first-order valence-corrected chi connectivity index (χ1v) is 13.7. The first-order chi connectivity index (χ1) is 21.7. The van der Waals surface area contributed by atoms with Crippen LogP contribution >= 0.6 is 0 Å². The summed E-state index contributed by atoms with van der Waals surface area (Å²) in [5.41, 5.74) is 2.68. The van der Waals surface area contributed by atoms with Gasteiger partial charge in [-0.2, -0.15) is 5.26 Å². The second-order valence-electron chi connectivity index (χ2n) is 10.0. The third-order valence-electron chi connectivity index (χ3n) is 7.22. The number of nitriles is 1. The van der Waals surface area contributed by atoms with Crippen LogP contribution in [0.15, 0.2) is 72.8 Å². The summed E-state index contributed by atoms with van der Waals surface area (Å²) in [5.74, 6) is -1.97. The molecule has 0 saturated carbocycles. The maximum Gasteiger partial charge on any atom is 0.335 e. The lowest BCUT2D eigenvalue weighted by molar-refractivity contribution is -0.131. The SMILES string of the molecule is CNC(=O)C(Cn1c(Cc2ccc(-c3cccc(OCc4ccc(C#N)cc4F)n3)cc2F)nc2ccc(C(=O)O)cc21)OC. The van der Waals surface area contributed by atoms with Crippen molar-refractivity contribution in [1.29, 1.82) is 5.26 Å². The van der Waals surface area contributed by atoms with E-state index in [0.29, 0.717) is 33.7 Å². The smallest absolute Gasteiger partial charge is 0.335 e. The summed E-state index contributed by atoms with van der Waals surface area (Å²) in [7, 11) is 2.87. The number of carbonyl (C=O) groups excluding carboxylic acids is 1. The number of imidazole rings is 1. The molecule has 3 aromatic carbocycles. The van der Waals surface area contributed by atoms with E-state index in [1.807, 2.05) is 6.07 Å². The van der Waals surface area contributed by atoms with Crippen molar-refractivity contribution < 1.29 is 33.0 Å². The number of hydrogen-bond acceptors (Lipinski definition) is 7. The highest BCUT2D eigenvalue weighted by Gasteiger charge is 2.22. The summed E-state index contributed by atoms with van der Waals surface area (Å²) in [4.78, 5) is 33.1. The van der Waals surface area contributed by atoms with Gasteiger partial charge in [0, 0.05) is 37.8 Å². The molecule has 0 radical (unpaired) electrons. The highest BCUT2D eigenvalue weighted by atomic mass is 19.1. The number of methoxy groups -OCH3 is 1. The van der Waals surface area contributed by atoms with Crippen LogP contribution in [0.3, 0.4) is 0 Å². The average molecular weight is 612 g/mol. The number of hydrogen-bond donors (Lipinski definition) is 2. The van der Waals surface area contributed by atoms with E-state index in [-0.39, 0.29) is 48.0 Å². The summed E-state index contributed by atoms with van der Waals surface area (Å²) < 4.78 is 42.5. The molecule has 1 unspecified atom stereocenters. The molecule has 0 aliphatic rings. The fraction of sp³-hybridized carbons (Fsp3) is 0.182. The van der Waals surface area contributed by atoms with Gasteiger partial charge in [0.05, 0.1) is 40.5 Å². The van der Waals surface area contributed by atoms with Crippen LogP contribution in [0.4, 0.5) is 8.78 Å². The molecule has 228 valence electrons. The average Bonchev–Trinajstić information content (AvgIpc) is 3.39. The second-order valence-corrected chi connectivity index (χ2v) is 10.0. The van der Waals surface area contributed by atoms with Gasteiger partial charge in [-0.05, 0) is 48.0 Å². The monoisotopic (exact) mass is 611 g/mol. The van der Waals surface area contributed by atoms with Gasteiger partial charge in [0.1, 0.15) is 24.1 Å². The predicted molar refractivity (Wildman–Crippen MR) is 159 cm³/mol. The van der Waals surface area contributed by atoms with Crippen molar-refractivity contribution in [3.63, 3.8) is 0 Å². The fourth-order valence-corrected chi connectivity index (χ4v) is 4.80. The van der Waals surface area contributed by atoms with E-state index in [0.717, 1.165) is 6.07 Å². The molecule has 0 aliphatic carbocycles. The minimum atomic E-state index is -1.12. The van der Waals surface area contributed by atoms with Gasteiger partial charge >= 0.3 is 5.97 Å². The fourth-order valence-electron chi connectivity index (χ4n) is 4.80. The van der Waals surface area contributed by atoms with Crippen molar-refractivity contribution in [3.05, 3.63) is 113 Å². The number of halogens is 2. The largest absolute Gasteiger partial charge is 0.478 e. The molecule has 1 amide bonds. The van der Waals surface area contributed by atoms with Crippen LogP contribution in [0.25, 0.3) is 22.3 Å². The maximum atomic E-state index is 15.5. The number of nitrogens with zero attached hydrogens (tertiary/aromatic N) is 4. The van der Waals surface area contributed by atoms with Gasteiger partial charge in [-0.1, -0.05) is 24.3 Å². The summed E-state index contributed by atoms with van der Waals surface area (Å²) in [6, 6.07) is 20.0. The van der Waals surface area contributed by atoms with Crippen LogP contribution < -0.4 is 10.1 Å². The molecule has 2 heterocycles. The van der Waals surface area contributed by atoms with Gasteiger partial charge < -0.3 is 24.5 Å². The summed E-state index contributed by atoms with van der Waals surface area (Å²) in [6.45, 7) is -0.0893. The number of rotatable bonds is 11. The van der Waals surface area contributed by atoms with E-state index in [1.165, 1.54) is 44.5 Å². The Balaban J connectivity index is 1.40. The number of ether oxygens (including phenoxy) is 2. The third-order valence-corrected chi connectivity index (χ3v) is 7.22. The topological polar surface area (TPSA) is 139 Å². The van der Waals surface area contributed by atoms with Crippen LogP contribution in [0.2, 0.25) is 0 Å². The first-order valence-electron chi connectivity index (χ1n) is 13.7. The molecule has 2 aromatic heterocycles. The number of amides is 1. The third kappa shape index (κ3) is 6.79. The maximum absolute atomic E-state index is 15.5. The van der Waals surface area contributed by atoms with Crippen molar-refractivity contribution in [1.82, 2.24) is 19.9 Å². The molecule has 0 aliphatic heterocycles. The number of carbonyl (C=O) groups is 2. The number of aromatic carboxylic acids is 1. The normalized spacial score (nSPS) is 11.6. The Bertz CT molecular complexity index is 1950. The lowest BCUT2D eigenvalue weighted by atomic mass is 10.1. The zero-order chi connectivity index (χ0) is 32.1. The van der Waals surface area contributed by atoms with Gasteiger partial charge in [0.2, 0.25) is 5.88 Å². The van der Waals surface area contributed by atoms with Gasteiger partial charge in [-0.15, -0.1) is 0 Å². The number of carboxylic acids is 1. The Morgan fingerprint density at radius 2 is 1.80 bits per heavy atom. The van der Waals surface area contributed by atoms with Crippen molar-refractivity contribution in [3.8, 4) is 23.2 Å². The number of nitrogens with one attached hydrogen (secondary N) is 1. The zero-order valence-corrected chi connectivity index (χ0v) is 24.3. The molecule has 0 saturated heterocycles. The zero-order valence-electron chi connectivity index (χ0n) is 24.3. The van der Waals surface area contributed by atoms with Crippen LogP contribution in [0.1, 0.15) is 32.9 Å². The predicted octanol–water partition coefficient (Wildman–Crippen LogP) is 4.88. The van der Waals surface area contributed by atoms with Crippen molar-refractivity contribution in [2.24, 2.45) is 0 Å². The quantitative estimate of drug-likeness (QED) is 0.216. The van der Waals surface area contributed by atoms with E-state index >= 15 is 4.39 Å². The van der Waals surface area contributed by atoms with Gasteiger partial charge in [-0.25, -0.2) is 23.5 Å². The molecule has 45 heavy (non-hydrogen) atoms. The van der Waals surface area contributed by atoms with E-state index in [4.69, 9.17) is 14.7 Å². The first kappa shape index (κ1) is 30.8. The minimum Gasteiger partial charge on any atom is -0.478 e. The number of aromatic nitrogens is 3. The molecular weight excluding hydrogens is 584 g/mol. The standard InChI is InChI=1S/C33H27F2N5O5/c1-37-32(41)29(44-2)17-40-28-14-22(33(42)43)10-11-27(28)38-30(40)15-20-8-9-21(13-25(20)35)26-4-3-5-31(39-26)45-18-23-7-6-19(16-36)12-24(23)34/h3-14,29H,15,17-18H2,1-2H3,(H,37,41)(H,42,43).